The molecule has 0 saturated heterocycles. The molecule has 0 fully saturated rings. The second-order valence-corrected chi connectivity index (χ2v) is 1.66. The molecule has 1 N–H and O–H groups in total. The summed E-state index contributed by atoms with van der Waals surface area (Å²) in [6.07, 6.45) is 0. The molecule has 1 rings (SSSR count). The third kappa shape index (κ3) is 2.82. The fraction of sp³-hybridized carbons (Fsp3) is 0.143. The van der Waals surface area contributed by atoms with Crippen molar-refractivity contribution in [3.63, 3.8) is 0 Å². The van der Waals surface area contributed by atoms with Crippen LogP contribution in [0.3, 0.4) is 0 Å². The molecule has 2 heteroatoms. The second kappa shape index (κ2) is 4.77. The van der Waals surface area contributed by atoms with Crippen molar-refractivity contribution in [2.45, 2.75) is 6.54 Å². The van der Waals surface area contributed by atoms with E-state index in [0.717, 1.165) is 5.56 Å². The molecule has 0 aliphatic heterocycles. The van der Waals surface area contributed by atoms with Gasteiger partial charge in [-0.15, -0.1) is 6.54 Å². The topological polar surface area (TPSA) is 23.8 Å². The number of rotatable bonds is 1. The second-order valence-electron chi connectivity index (χ2n) is 1.66. The summed E-state index contributed by atoms with van der Waals surface area (Å²) in [6, 6.07) is 9.76. The molecule has 0 aliphatic carbocycles. The molecule has 1 nitrogen and oxygen atoms in total. The van der Waals surface area contributed by atoms with Crippen LogP contribution in [0.2, 0.25) is 0 Å². The Labute approximate surface area is 70.8 Å². The quantitative estimate of drug-likeness (QED) is 0.711. The van der Waals surface area contributed by atoms with Crippen LogP contribution in [0, 0.1) is 0 Å². The Morgan fingerprint density at radius 3 is 2.00 bits per heavy atom. The monoisotopic (exact) mass is 303 g/mol. The molecule has 0 unspecified atom stereocenters. The van der Waals surface area contributed by atoms with Crippen molar-refractivity contribution >= 4 is 0 Å². The molecule has 0 heterocycles. The van der Waals surface area contributed by atoms with Crippen LogP contribution in [-0.4, -0.2) is 0 Å². The Morgan fingerprint density at radius 1 is 1.11 bits per heavy atom. The summed E-state index contributed by atoms with van der Waals surface area (Å²) in [5.41, 5.74) is 8.02. The van der Waals surface area contributed by atoms with Gasteiger partial charge in [0, 0.05) is 0 Å². The predicted octanol–water partition coefficient (Wildman–Crippen LogP) is 2.24. The summed E-state index contributed by atoms with van der Waals surface area (Å²) >= 11 is 0. The molecule has 1 aromatic carbocycles. The van der Waals surface area contributed by atoms with Gasteiger partial charge in [-0.3, -0.25) is 0 Å². The van der Waals surface area contributed by atoms with E-state index >= 15 is 0 Å². The summed E-state index contributed by atoms with van der Waals surface area (Å²) in [4.78, 5) is 0. The maximum Gasteiger partial charge on any atom is 1.00 e. The molecule has 0 bridgehead atoms. The molecule has 0 radical (unpaired) electrons. The molecule has 0 aromatic heterocycles. The number of hydrogen-bond acceptors (Lipinski definition) is 0. The largest absolute Gasteiger partial charge is 1.00 e. The fourth-order valence-corrected chi connectivity index (χ4v) is 0.596. The Morgan fingerprint density at radius 2 is 1.67 bits per heavy atom. The van der Waals surface area contributed by atoms with Crippen molar-refractivity contribution in [2.24, 2.45) is 0 Å². The van der Waals surface area contributed by atoms with E-state index < -0.39 is 0 Å². The molecule has 0 atom stereocenters. The molecular weight excluding hydrogens is 295 g/mol. The van der Waals surface area contributed by atoms with Gasteiger partial charge < -0.3 is 5.73 Å². The standard InChI is InChI=1S/C7H8N.Au/c8-6-7-4-2-1-3-5-7;/h1-5,8H,6H2;/q-1;+1. The van der Waals surface area contributed by atoms with E-state index in [0.29, 0.717) is 6.54 Å². The predicted molar refractivity (Wildman–Crippen MR) is 34.5 cm³/mol. The van der Waals surface area contributed by atoms with Crippen molar-refractivity contribution in [2.75, 3.05) is 0 Å². The van der Waals surface area contributed by atoms with Crippen LogP contribution in [-0.2, 0) is 28.9 Å². The molecule has 0 spiro atoms. The minimum absolute atomic E-state index is 0. The first-order valence-corrected chi connectivity index (χ1v) is 2.62. The van der Waals surface area contributed by atoms with Gasteiger partial charge in [0.2, 0.25) is 0 Å². The summed E-state index contributed by atoms with van der Waals surface area (Å²) in [7, 11) is 0. The summed E-state index contributed by atoms with van der Waals surface area (Å²) in [5, 5.41) is 0. The van der Waals surface area contributed by atoms with E-state index in [1.54, 1.807) is 0 Å². The first-order chi connectivity index (χ1) is 3.93. The van der Waals surface area contributed by atoms with Gasteiger partial charge in [0.25, 0.3) is 0 Å². The van der Waals surface area contributed by atoms with Crippen LogP contribution in [0.25, 0.3) is 5.73 Å². The van der Waals surface area contributed by atoms with E-state index in [4.69, 9.17) is 5.73 Å². The molecule has 0 amide bonds. The van der Waals surface area contributed by atoms with Crippen molar-refractivity contribution in [3.8, 4) is 0 Å². The minimum atomic E-state index is 0. The van der Waals surface area contributed by atoms with E-state index in [1.165, 1.54) is 0 Å². The van der Waals surface area contributed by atoms with E-state index in [1.807, 2.05) is 30.3 Å². The zero-order valence-corrected chi connectivity index (χ0v) is 7.06. The SMILES string of the molecule is [Au+].[NH-]Cc1ccccc1. The van der Waals surface area contributed by atoms with Crippen LogP contribution >= 0.6 is 0 Å². The van der Waals surface area contributed by atoms with Crippen LogP contribution in [0.4, 0.5) is 0 Å². The average Bonchev–Trinajstić information content (AvgIpc) is 1.90. The molecule has 0 saturated carbocycles. The Bertz CT molecular complexity index is 150. The third-order valence-corrected chi connectivity index (χ3v) is 1.05. The van der Waals surface area contributed by atoms with Crippen LogP contribution in [0.5, 0.6) is 0 Å². The van der Waals surface area contributed by atoms with E-state index in [9.17, 15) is 0 Å². The van der Waals surface area contributed by atoms with Gasteiger partial charge in [-0.2, -0.15) is 0 Å². The molecule has 0 aliphatic rings. The van der Waals surface area contributed by atoms with Crippen molar-refractivity contribution in [1.29, 1.82) is 0 Å². The first kappa shape index (κ1) is 8.92. The van der Waals surface area contributed by atoms with Crippen molar-refractivity contribution < 1.29 is 22.4 Å². The third-order valence-electron chi connectivity index (χ3n) is 1.05. The summed E-state index contributed by atoms with van der Waals surface area (Å²) < 4.78 is 0. The van der Waals surface area contributed by atoms with Gasteiger partial charge >= 0.3 is 22.4 Å². The van der Waals surface area contributed by atoms with E-state index in [2.05, 4.69) is 0 Å². The van der Waals surface area contributed by atoms with E-state index in [-0.39, 0.29) is 22.4 Å². The van der Waals surface area contributed by atoms with Crippen LogP contribution < -0.4 is 0 Å². The summed E-state index contributed by atoms with van der Waals surface area (Å²) in [6.45, 7) is 0.390. The minimum Gasteiger partial charge on any atom is -0.674 e. The molecular formula is C7H8AuN. The van der Waals surface area contributed by atoms with Gasteiger partial charge in [-0.1, -0.05) is 35.9 Å². The zero-order chi connectivity index (χ0) is 5.82. The van der Waals surface area contributed by atoms with Crippen LogP contribution in [0.15, 0.2) is 30.3 Å². The number of nitrogens with one attached hydrogen (secondary N) is 1. The molecule has 9 heavy (non-hydrogen) atoms. The zero-order valence-electron chi connectivity index (χ0n) is 4.90. The fourth-order valence-electron chi connectivity index (χ4n) is 0.596. The molecule has 52 valence electrons. The van der Waals surface area contributed by atoms with Crippen molar-refractivity contribution in [3.05, 3.63) is 41.6 Å². The first-order valence-electron chi connectivity index (χ1n) is 2.62. The van der Waals surface area contributed by atoms with Gasteiger partial charge in [0.1, 0.15) is 0 Å². The van der Waals surface area contributed by atoms with Gasteiger partial charge in [0.15, 0.2) is 0 Å². The Hall–Kier alpha value is -0.0797. The normalized spacial score (nSPS) is 8.11. The Balaban J connectivity index is 0.000000640. The van der Waals surface area contributed by atoms with Crippen molar-refractivity contribution in [1.82, 2.24) is 0 Å². The van der Waals surface area contributed by atoms with Gasteiger partial charge in [-0.25, -0.2) is 0 Å². The van der Waals surface area contributed by atoms with Gasteiger partial charge in [-0.05, 0) is 0 Å². The maximum absolute atomic E-state index is 6.94. The number of hydrogen-bond donors (Lipinski definition) is 0. The summed E-state index contributed by atoms with van der Waals surface area (Å²) in [5.74, 6) is 0. The Kier molecular flexibility index (Phi) is 4.72. The maximum atomic E-state index is 6.94. The molecule has 1 aromatic rings. The van der Waals surface area contributed by atoms with Gasteiger partial charge in [0.05, 0.1) is 0 Å². The average molecular weight is 303 g/mol. The smallest absolute Gasteiger partial charge is 0.674 e. The number of benzene rings is 1. The van der Waals surface area contributed by atoms with Crippen LogP contribution in [0.1, 0.15) is 5.56 Å².